The number of carbonyl (C=O) groups is 1. The first kappa shape index (κ1) is 24.3. The van der Waals surface area contributed by atoms with Crippen LogP contribution in [0, 0.1) is 0 Å². The minimum atomic E-state index is -0.138. The third-order valence-electron chi connectivity index (χ3n) is 7.49. The maximum atomic E-state index is 13.4. The highest BCUT2D eigenvalue weighted by atomic mass is 35.5. The van der Waals surface area contributed by atoms with Gasteiger partial charge in [-0.15, -0.1) is 0 Å². The molecule has 1 amide bonds. The number of ether oxygens (including phenoxy) is 1. The van der Waals surface area contributed by atoms with Gasteiger partial charge in [-0.1, -0.05) is 36.9 Å². The number of benzene rings is 1. The van der Waals surface area contributed by atoms with Gasteiger partial charge in [-0.3, -0.25) is 9.36 Å². The number of aromatic nitrogens is 2. The van der Waals surface area contributed by atoms with Crippen LogP contribution in [0.4, 0.5) is 11.8 Å². The lowest BCUT2D eigenvalue weighted by molar-refractivity contribution is 0.0948. The molecule has 5 rings (SSSR count). The molecule has 1 aromatic carbocycles. The van der Waals surface area contributed by atoms with Gasteiger partial charge in [0.15, 0.2) is 11.5 Å². The molecule has 5 N–H and O–H groups in total. The second kappa shape index (κ2) is 10.7. The Morgan fingerprint density at radius 2 is 2.00 bits per heavy atom. The average Bonchev–Trinajstić information content (AvgIpc) is 3.55. The molecule has 0 saturated heterocycles. The van der Waals surface area contributed by atoms with Crippen LogP contribution in [0.2, 0.25) is 5.02 Å². The van der Waals surface area contributed by atoms with Gasteiger partial charge >= 0.3 is 0 Å². The molecular weight excluding hydrogens is 464 g/mol. The van der Waals surface area contributed by atoms with E-state index in [1.165, 1.54) is 19.3 Å². The number of nitrogens with one attached hydrogen (secondary N) is 3. The highest BCUT2D eigenvalue weighted by molar-refractivity contribution is 6.32. The van der Waals surface area contributed by atoms with E-state index in [0.29, 0.717) is 42.3 Å². The Morgan fingerprint density at radius 1 is 1.17 bits per heavy atom. The van der Waals surface area contributed by atoms with Crippen LogP contribution in [0.1, 0.15) is 79.9 Å². The van der Waals surface area contributed by atoms with E-state index in [-0.39, 0.29) is 18.0 Å². The van der Waals surface area contributed by atoms with Gasteiger partial charge in [-0.2, -0.15) is 4.98 Å². The summed E-state index contributed by atoms with van der Waals surface area (Å²) in [6, 6.07) is 4.61. The molecule has 9 heteroatoms. The molecule has 1 aliphatic heterocycles. The Labute approximate surface area is 212 Å². The monoisotopic (exact) mass is 500 g/mol. The van der Waals surface area contributed by atoms with E-state index >= 15 is 0 Å². The summed E-state index contributed by atoms with van der Waals surface area (Å²) in [6.45, 7) is 3.61. The van der Waals surface area contributed by atoms with E-state index in [4.69, 9.17) is 27.1 Å². The van der Waals surface area contributed by atoms with E-state index in [9.17, 15) is 4.79 Å². The quantitative estimate of drug-likeness (QED) is 0.430. The first-order valence-corrected chi connectivity index (χ1v) is 13.5. The third-order valence-corrected chi connectivity index (χ3v) is 7.77. The average molecular weight is 501 g/mol. The van der Waals surface area contributed by atoms with Crippen molar-refractivity contribution in [2.24, 2.45) is 5.73 Å². The lowest BCUT2D eigenvalue weighted by atomic mass is 9.96. The lowest BCUT2D eigenvalue weighted by Gasteiger charge is -2.24. The van der Waals surface area contributed by atoms with Crippen molar-refractivity contribution in [2.45, 2.75) is 89.4 Å². The number of nitrogens with zero attached hydrogens (tertiary/aromatic N) is 2. The van der Waals surface area contributed by atoms with E-state index in [1.54, 1.807) is 0 Å². The van der Waals surface area contributed by atoms with E-state index in [1.807, 2.05) is 17.6 Å². The summed E-state index contributed by atoms with van der Waals surface area (Å²) < 4.78 is 7.70. The molecule has 0 radical (unpaired) electrons. The first-order valence-electron chi connectivity index (χ1n) is 13.1. The fraction of sp³-hybridized carbons (Fsp3) is 0.615. The van der Waals surface area contributed by atoms with Gasteiger partial charge in [0.1, 0.15) is 5.75 Å². The molecule has 0 unspecified atom stereocenters. The number of anilines is 2. The summed E-state index contributed by atoms with van der Waals surface area (Å²) in [6.07, 6.45) is 9.82. The van der Waals surface area contributed by atoms with Gasteiger partial charge in [0.25, 0.3) is 5.91 Å². The van der Waals surface area contributed by atoms with Gasteiger partial charge in [0.2, 0.25) is 5.95 Å². The van der Waals surface area contributed by atoms with Crippen LogP contribution in [0.3, 0.4) is 0 Å². The van der Waals surface area contributed by atoms with Crippen LogP contribution < -0.4 is 26.4 Å². The largest absolute Gasteiger partial charge is 0.491 e. The Hall–Kier alpha value is -2.45. The van der Waals surface area contributed by atoms with Crippen LogP contribution in [-0.2, 0) is 13.0 Å². The molecule has 1 aromatic heterocycles. The SMILES string of the molecule is CCNC(=O)c1c(N[C@H]2CCC[C@H]2N)nc(NC2CCCCC2)n1Cc1cc(Cl)c2c(c1)CCO2. The zero-order valence-corrected chi connectivity index (χ0v) is 21.3. The predicted molar refractivity (Wildman–Crippen MR) is 140 cm³/mol. The fourth-order valence-electron chi connectivity index (χ4n) is 5.66. The van der Waals surface area contributed by atoms with Gasteiger partial charge in [0, 0.05) is 31.1 Å². The minimum Gasteiger partial charge on any atom is -0.491 e. The maximum absolute atomic E-state index is 13.4. The molecule has 2 heterocycles. The fourth-order valence-corrected chi connectivity index (χ4v) is 5.98. The number of rotatable bonds is 8. The van der Waals surface area contributed by atoms with Crippen molar-refractivity contribution in [2.75, 3.05) is 23.8 Å². The normalized spacial score (nSPS) is 22.0. The van der Waals surface area contributed by atoms with Gasteiger partial charge < -0.3 is 26.4 Å². The second-order valence-electron chi connectivity index (χ2n) is 10.1. The summed E-state index contributed by atoms with van der Waals surface area (Å²) in [5.74, 6) is 1.97. The highest BCUT2D eigenvalue weighted by Gasteiger charge is 2.30. The molecule has 35 heavy (non-hydrogen) atoms. The van der Waals surface area contributed by atoms with Crippen LogP contribution in [0.15, 0.2) is 12.1 Å². The van der Waals surface area contributed by atoms with Crippen molar-refractivity contribution in [3.05, 3.63) is 34.0 Å². The van der Waals surface area contributed by atoms with Gasteiger partial charge in [-0.05, 0) is 56.2 Å². The number of imidazole rings is 1. The second-order valence-corrected chi connectivity index (χ2v) is 10.5. The summed E-state index contributed by atoms with van der Waals surface area (Å²) in [5, 5.41) is 10.8. The zero-order valence-electron chi connectivity index (χ0n) is 20.5. The number of carbonyl (C=O) groups excluding carboxylic acids is 1. The van der Waals surface area contributed by atoms with Crippen LogP contribution in [0.25, 0.3) is 0 Å². The number of fused-ring (bicyclic) bond motifs is 1. The minimum absolute atomic E-state index is 0.0625. The van der Waals surface area contributed by atoms with Crippen molar-refractivity contribution >= 4 is 29.3 Å². The van der Waals surface area contributed by atoms with Crippen molar-refractivity contribution < 1.29 is 9.53 Å². The van der Waals surface area contributed by atoms with E-state index in [0.717, 1.165) is 61.3 Å². The molecule has 3 aliphatic rings. The number of amides is 1. The highest BCUT2D eigenvalue weighted by Crippen LogP contribution is 2.36. The molecule has 190 valence electrons. The molecule has 2 atom stereocenters. The van der Waals surface area contributed by atoms with Crippen LogP contribution >= 0.6 is 11.6 Å². The number of hydrogen-bond acceptors (Lipinski definition) is 6. The zero-order chi connectivity index (χ0) is 24.4. The standard InChI is InChI=1S/C26H37ClN6O2/c1-2-29-25(34)22-24(31-21-10-6-9-20(21)28)32-26(30-18-7-4-3-5-8-18)33(22)15-16-13-17-11-12-35-23(17)19(27)14-16/h13-14,18,20-21,31H,2-12,15,28H2,1H3,(H,29,34)(H,30,32)/t20-,21+/m1/s1. The van der Waals surface area contributed by atoms with Crippen molar-refractivity contribution in [1.29, 1.82) is 0 Å². The molecular formula is C26H37ClN6O2. The lowest BCUT2D eigenvalue weighted by Crippen LogP contribution is -2.36. The Balaban J connectivity index is 1.54. The van der Waals surface area contributed by atoms with Gasteiger partial charge in [0.05, 0.1) is 18.2 Å². The van der Waals surface area contributed by atoms with Crippen molar-refractivity contribution in [1.82, 2.24) is 14.9 Å². The maximum Gasteiger partial charge on any atom is 0.271 e. The number of halogens is 1. The van der Waals surface area contributed by atoms with Gasteiger partial charge in [-0.25, -0.2) is 0 Å². The Bertz CT molecular complexity index is 1060. The van der Waals surface area contributed by atoms with Crippen LogP contribution in [0.5, 0.6) is 5.75 Å². The molecule has 0 bridgehead atoms. The van der Waals surface area contributed by atoms with Crippen molar-refractivity contribution in [3.63, 3.8) is 0 Å². The Kier molecular flexibility index (Phi) is 7.39. The molecule has 2 aromatic rings. The number of nitrogens with two attached hydrogens (primary N) is 1. The topological polar surface area (TPSA) is 106 Å². The Morgan fingerprint density at radius 3 is 2.74 bits per heavy atom. The molecule has 8 nitrogen and oxygen atoms in total. The summed E-state index contributed by atoms with van der Waals surface area (Å²) in [7, 11) is 0. The summed E-state index contributed by atoms with van der Waals surface area (Å²) >= 11 is 6.55. The van der Waals surface area contributed by atoms with E-state index < -0.39 is 0 Å². The smallest absolute Gasteiger partial charge is 0.271 e. The summed E-state index contributed by atoms with van der Waals surface area (Å²) in [4.78, 5) is 18.3. The third kappa shape index (κ3) is 5.23. The number of hydrogen-bond donors (Lipinski definition) is 4. The molecule has 0 spiro atoms. The van der Waals surface area contributed by atoms with E-state index in [2.05, 4.69) is 22.0 Å². The first-order chi connectivity index (χ1) is 17.0. The predicted octanol–water partition coefficient (Wildman–Crippen LogP) is 4.31. The summed E-state index contributed by atoms with van der Waals surface area (Å²) in [5.41, 5.74) is 9.04. The molecule has 2 aliphatic carbocycles. The van der Waals surface area contributed by atoms with Crippen molar-refractivity contribution in [3.8, 4) is 5.75 Å². The van der Waals surface area contributed by atoms with Crippen LogP contribution in [-0.4, -0.2) is 46.7 Å². The molecule has 2 saturated carbocycles. The molecule has 2 fully saturated rings.